The molecule has 1 aliphatic rings. The largest absolute Gasteiger partial charge is 0.233 e. The number of aromatic nitrogens is 2. The fourth-order valence-corrected chi connectivity index (χ4v) is 3.43. The summed E-state index contributed by atoms with van der Waals surface area (Å²) >= 11 is 7.86. The van der Waals surface area contributed by atoms with Gasteiger partial charge in [0.15, 0.2) is 5.82 Å². The molecular formula is C15H11ClN2S. The van der Waals surface area contributed by atoms with Crippen molar-refractivity contribution in [2.24, 2.45) is 0 Å². The number of hydrogen-bond donors (Lipinski definition) is 0. The topological polar surface area (TPSA) is 25.8 Å². The highest BCUT2D eigenvalue weighted by Gasteiger charge is 2.26. The third-order valence-electron chi connectivity index (χ3n) is 3.43. The van der Waals surface area contributed by atoms with Crippen molar-refractivity contribution in [3.8, 4) is 11.4 Å². The summed E-state index contributed by atoms with van der Waals surface area (Å²) in [6, 6.07) is 10.2. The number of hydrogen-bond acceptors (Lipinski definition) is 3. The molecule has 1 fully saturated rings. The quantitative estimate of drug-likeness (QED) is 0.627. The molecule has 1 aliphatic carbocycles. The second-order valence-electron chi connectivity index (χ2n) is 4.86. The zero-order chi connectivity index (χ0) is 12.8. The van der Waals surface area contributed by atoms with Gasteiger partial charge in [-0.15, -0.1) is 11.3 Å². The van der Waals surface area contributed by atoms with E-state index in [4.69, 9.17) is 16.6 Å². The van der Waals surface area contributed by atoms with Crippen molar-refractivity contribution in [2.45, 2.75) is 18.8 Å². The van der Waals surface area contributed by atoms with Gasteiger partial charge in [-0.05, 0) is 25.0 Å². The molecular weight excluding hydrogens is 276 g/mol. The van der Waals surface area contributed by atoms with E-state index in [-0.39, 0.29) is 0 Å². The molecule has 4 rings (SSSR count). The van der Waals surface area contributed by atoms with Gasteiger partial charge in [0.2, 0.25) is 0 Å². The van der Waals surface area contributed by atoms with Crippen LogP contribution in [0.15, 0.2) is 35.7 Å². The van der Waals surface area contributed by atoms with Gasteiger partial charge in [0.05, 0.1) is 0 Å². The Balaban J connectivity index is 1.91. The van der Waals surface area contributed by atoms with Crippen molar-refractivity contribution >= 4 is 33.0 Å². The van der Waals surface area contributed by atoms with Crippen molar-refractivity contribution in [1.82, 2.24) is 9.97 Å². The Labute approximate surface area is 120 Å². The summed E-state index contributed by atoms with van der Waals surface area (Å²) in [6.45, 7) is 0. The predicted molar refractivity (Wildman–Crippen MR) is 79.8 cm³/mol. The Bertz CT molecular complexity index is 762. The van der Waals surface area contributed by atoms with Crippen LogP contribution in [0.5, 0.6) is 0 Å². The Morgan fingerprint density at radius 1 is 1.16 bits per heavy atom. The first-order valence-electron chi connectivity index (χ1n) is 6.32. The fourth-order valence-electron chi connectivity index (χ4n) is 2.29. The standard InChI is InChI=1S/C15H11ClN2S/c16-14-7-12(9-5-6-9)17-15(18-14)11-8-19-13-4-2-1-3-10(11)13/h1-4,7-9H,5-6H2. The third kappa shape index (κ3) is 2.03. The number of fused-ring (bicyclic) bond motifs is 1. The molecule has 1 aromatic carbocycles. The van der Waals surface area contributed by atoms with Crippen LogP contribution in [0.4, 0.5) is 0 Å². The van der Waals surface area contributed by atoms with Gasteiger partial charge in [0.1, 0.15) is 5.15 Å². The molecule has 2 aromatic heterocycles. The molecule has 0 unspecified atom stereocenters. The van der Waals surface area contributed by atoms with E-state index in [2.05, 4.69) is 28.6 Å². The zero-order valence-corrected chi connectivity index (χ0v) is 11.7. The van der Waals surface area contributed by atoms with Gasteiger partial charge in [-0.1, -0.05) is 29.8 Å². The SMILES string of the molecule is Clc1cc(C2CC2)nc(-c2csc3ccccc23)n1. The average molecular weight is 287 g/mol. The molecule has 0 saturated heterocycles. The highest BCUT2D eigenvalue weighted by atomic mass is 35.5. The molecule has 1 saturated carbocycles. The van der Waals surface area contributed by atoms with Crippen molar-refractivity contribution in [3.63, 3.8) is 0 Å². The van der Waals surface area contributed by atoms with Crippen LogP contribution in [0.25, 0.3) is 21.5 Å². The second-order valence-corrected chi connectivity index (χ2v) is 6.16. The highest BCUT2D eigenvalue weighted by Crippen LogP contribution is 2.41. The van der Waals surface area contributed by atoms with Crippen LogP contribution in [-0.4, -0.2) is 9.97 Å². The smallest absolute Gasteiger partial charge is 0.162 e. The van der Waals surface area contributed by atoms with E-state index in [9.17, 15) is 0 Å². The Morgan fingerprint density at radius 3 is 2.84 bits per heavy atom. The summed E-state index contributed by atoms with van der Waals surface area (Å²) in [7, 11) is 0. The van der Waals surface area contributed by atoms with E-state index < -0.39 is 0 Å². The van der Waals surface area contributed by atoms with Crippen LogP contribution < -0.4 is 0 Å². The summed E-state index contributed by atoms with van der Waals surface area (Å²) in [4.78, 5) is 9.10. The van der Waals surface area contributed by atoms with Gasteiger partial charge in [-0.3, -0.25) is 0 Å². The first-order chi connectivity index (χ1) is 9.31. The Kier molecular flexibility index (Phi) is 2.57. The normalized spacial score (nSPS) is 15.0. The van der Waals surface area contributed by atoms with Crippen LogP contribution in [0.3, 0.4) is 0 Å². The third-order valence-corrected chi connectivity index (χ3v) is 4.59. The summed E-state index contributed by atoms with van der Waals surface area (Å²) in [5.74, 6) is 1.34. The minimum atomic E-state index is 0.544. The molecule has 4 heteroatoms. The molecule has 0 spiro atoms. The molecule has 19 heavy (non-hydrogen) atoms. The van der Waals surface area contributed by atoms with Crippen molar-refractivity contribution in [1.29, 1.82) is 0 Å². The summed E-state index contributed by atoms with van der Waals surface area (Å²) in [5, 5.41) is 3.87. The molecule has 94 valence electrons. The first kappa shape index (κ1) is 11.4. The highest BCUT2D eigenvalue weighted by molar-refractivity contribution is 7.17. The van der Waals surface area contributed by atoms with Crippen molar-refractivity contribution < 1.29 is 0 Å². The first-order valence-corrected chi connectivity index (χ1v) is 7.58. The number of benzene rings is 1. The maximum Gasteiger partial charge on any atom is 0.162 e. The lowest BCUT2D eigenvalue weighted by atomic mass is 10.1. The molecule has 0 aliphatic heterocycles. The summed E-state index contributed by atoms with van der Waals surface area (Å²) in [6.07, 6.45) is 2.44. The molecule has 0 N–H and O–H groups in total. The number of halogens is 1. The second kappa shape index (κ2) is 4.29. The van der Waals surface area contributed by atoms with Gasteiger partial charge in [-0.25, -0.2) is 9.97 Å². The predicted octanol–water partition coefficient (Wildman–Crippen LogP) is 4.89. The minimum Gasteiger partial charge on any atom is -0.233 e. The summed E-state index contributed by atoms with van der Waals surface area (Å²) in [5.41, 5.74) is 2.18. The number of thiophene rings is 1. The molecule has 3 aromatic rings. The number of nitrogens with zero attached hydrogens (tertiary/aromatic N) is 2. The van der Waals surface area contributed by atoms with E-state index in [1.54, 1.807) is 11.3 Å². The Morgan fingerprint density at radius 2 is 2.00 bits per heavy atom. The number of rotatable bonds is 2. The van der Waals surface area contributed by atoms with Gasteiger partial charge in [0, 0.05) is 32.6 Å². The molecule has 0 radical (unpaired) electrons. The van der Waals surface area contributed by atoms with Crippen LogP contribution in [0.1, 0.15) is 24.5 Å². The van der Waals surface area contributed by atoms with Crippen molar-refractivity contribution in [3.05, 3.63) is 46.6 Å². The molecule has 0 bridgehead atoms. The molecule has 0 amide bonds. The molecule has 0 atom stereocenters. The lowest BCUT2D eigenvalue weighted by Crippen LogP contribution is -1.94. The van der Waals surface area contributed by atoms with Gasteiger partial charge >= 0.3 is 0 Å². The summed E-state index contributed by atoms with van der Waals surface area (Å²) < 4.78 is 1.26. The maximum atomic E-state index is 6.14. The molecule has 2 nitrogen and oxygen atoms in total. The van der Waals surface area contributed by atoms with Crippen LogP contribution >= 0.6 is 22.9 Å². The fraction of sp³-hybridized carbons (Fsp3) is 0.200. The van der Waals surface area contributed by atoms with Crippen LogP contribution in [-0.2, 0) is 0 Å². The average Bonchev–Trinajstić information content (AvgIpc) is 3.18. The zero-order valence-electron chi connectivity index (χ0n) is 10.1. The van der Waals surface area contributed by atoms with Gasteiger partial charge in [-0.2, -0.15) is 0 Å². The van der Waals surface area contributed by atoms with Crippen LogP contribution in [0, 0.1) is 0 Å². The van der Waals surface area contributed by atoms with Gasteiger partial charge < -0.3 is 0 Å². The van der Waals surface area contributed by atoms with E-state index in [0.717, 1.165) is 17.1 Å². The van der Waals surface area contributed by atoms with E-state index in [1.165, 1.54) is 22.9 Å². The minimum absolute atomic E-state index is 0.544. The van der Waals surface area contributed by atoms with E-state index >= 15 is 0 Å². The van der Waals surface area contributed by atoms with Crippen molar-refractivity contribution in [2.75, 3.05) is 0 Å². The molecule has 2 heterocycles. The lowest BCUT2D eigenvalue weighted by molar-refractivity contribution is 0.996. The van der Waals surface area contributed by atoms with E-state index in [0.29, 0.717) is 11.1 Å². The monoisotopic (exact) mass is 286 g/mol. The van der Waals surface area contributed by atoms with Gasteiger partial charge in [0.25, 0.3) is 0 Å². The Hall–Kier alpha value is -1.45. The van der Waals surface area contributed by atoms with Crippen LogP contribution in [0.2, 0.25) is 5.15 Å². The maximum absolute atomic E-state index is 6.14. The van der Waals surface area contributed by atoms with E-state index in [1.807, 2.05) is 12.1 Å². The lowest BCUT2D eigenvalue weighted by Gasteiger charge is -2.03.